The minimum absolute atomic E-state index is 0.00844. The predicted molar refractivity (Wildman–Crippen MR) is 111 cm³/mol. The maximum Gasteiger partial charge on any atom is 0.433 e. The number of fused-ring (bicyclic) bond motifs is 1. The van der Waals surface area contributed by atoms with Gasteiger partial charge in [0.25, 0.3) is 0 Å². The van der Waals surface area contributed by atoms with Crippen LogP contribution in [-0.4, -0.2) is 29.2 Å². The van der Waals surface area contributed by atoms with Crippen molar-refractivity contribution in [1.29, 1.82) is 5.26 Å². The van der Waals surface area contributed by atoms with Gasteiger partial charge < -0.3 is 14.6 Å². The van der Waals surface area contributed by atoms with Crippen LogP contribution in [0.5, 0.6) is 0 Å². The van der Waals surface area contributed by atoms with Gasteiger partial charge in [0, 0.05) is 14.7 Å². The second-order valence-electron chi connectivity index (χ2n) is 8.06. The van der Waals surface area contributed by atoms with Crippen LogP contribution in [0.25, 0.3) is 11.0 Å². The molecule has 0 amide bonds. The van der Waals surface area contributed by atoms with Gasteiger partial charge in [-0.25, -0.2) is 9.97 Å². The van der Waals surface area contributed by atoms with Crippen LogP contribution < -0.4 is 5.32 Å². The fourth-order valence-corrected chi connectivity index (χ4v) is 3.52. The van der Waals surface area contributed by atoms with Crippen LogP contribution in [-0.2, 0) is 17.6 Å². The number of hydrogen-bond acceptors (Lipinski definition) is 5. The summed E-state index contributed by atoms with van der Waals surface area (Å²) in [5.41, 5.74) is 0.705. The number of aromatic nitrogens is 3. The first kappa shape index (κ1) is 21.8. The van der Waals surface area contributed by atoms with Crippen LogP contribution in [0.4, 0.5) is 24.7 Å². The summed E-state index contributed by atoms with van der Waals surface area (Å²) in [5, 5.41) is 12.1. The topological polar surface area (TPSA) is 75.8 Å². The van der Waals surface area contributed by atoms with Crippen LogP contribution in [0.3, 0.4) is 0 Å². The molecule has 3 rings (SSSR count). The number of anilines is 2. The molecule has 0 saturated carbocycles. The summed E-state index contributed by atoms with van der Waals surface area (Å²) >= 11 is 0. The smallest absolute Gasteiger partial charge is 0.361 e. The number of ether oxygens (including phenoxy) is 1. The Balaban J connectivity index is 1.85. The first-order valence-electron chi connectivity index (χ1n) is 9.35. The van der Waals surface area contributed by atoms with E-state index in [9.17, 15) is 18.4 Å². The van der Waals surface area contributed by atoms with E-state index in [-0.39, 0.29) is 11.4 Å². The quantitative estimate of drug-likeness (QED) is 0.400. The van der Waals surface area contributed by atoms with Gasteiger partial charge in [0.05, 0.1) is 23.1 Å². The molecule has 2 aromatic heterocycles. The molecule has 0 unspecified atom stereocenters. The van der Waals surface area contributed by atoms with Crippen molar-refractivity contribution in [3.63, 3.8) is 0 Å². The molecule has 0 atom stereocenters. The summed E-state index contributed by atoms with van der Waals surface area (Å²) in [6, 6.07) is 10.1. The lowest BCUT2D eigenvalue weighted by atomic mass is 10.2. The molecule has 0 fully saturated rings. The molecule has 2 heterocycles. The van der Waals surface area contributed by atoms with Gasteiger partial charge in [-0.1, -0.05) is 25.7 Å². The number of halogens is 3. The standard InChI is InChI=1S/C20H22F3N5OSi/c1-30(2,3)10-9-29-13-28-12-25-18-15(5-4-6-16(18)28)26-19-14(11-24)7-8-17(27-19)20(21,22)23/h4-8,12H,9-10,13H2,1-3H3,(H,26,27). The van der Waals surface area contributed by atoms with Gasteiger partial charge in [0.2, 0.25) is 0 Å². The van der Waals surface area contributed by atoms with Crippen LogP contribution in [0.2, 0.25) is 25.7 Å². The van der Waals surface area contributed by atoms with Gasteiger partial charge in [-0.3, -0.25) is 0 Å². The number of imidazole rings is 1. The lowest BCUT2D eigenvalue weighted by Gasteiger charge is -2.15. The second-order valence-corrected chi connectivity index (χ2v) is 13.7. The molecular weight excluding hydrogens is 411 g/mol. The summed E-state index contributed by atoms with van der Waals surface area (Å²) in [5.74, 6) is -0.166. The molecule has 30 heavy (non-hydrogen) atoms. The number of alkyl halides is 3. The first-order valence-corrected chi connectivity index (χ1v) is 13.1. The zero-order chi connectivity index (χ0) is 21.9. The van der Waals surface area contributed by atoms with Gasteiger partial charge in [0.15, 0.2) is 0 Å². The average Bonchev–Trinajstić information content (AvgIpc) is 3.08. The molecule has 10 heteroatoms. The first-order chi connectivity index (χ1) is 14.1. The lowest BCUT2D eigenvalue weighted by molar-refractivity contribution is -0.141. The number of para-hydroxylation sites is 1. The molecule has 3 aromatic rings. The Morgan fingerprint density at radius 1 is 1.20 bits per heavy atom. The number of benzene rings is 1. The van der Waals surface area contributed by atoms with Crippen molar-refractivity contribution in [2.24, 2.45) is 0 Å². The summed E-state index contributed by atoms with van der Waals surface area (Å²) in [7, 11) is -1.19. The monoisotopic (exact) mass is 433 g/mol. The van der Waals surface area contributed by atoms with Crippen molar-refractivity contribution in [3.05, 3.63) is 47.9 Å². The summed E-state index contributed by atoms with van der Waals surface area (Å²) in [6.45, 7) is 7.82. The van der Waals surface area contributed by atoms with E-state index in [1.807, 2.05) is 16.7 Å². The van der Waals surface area contributed by atoms with Crippen molar-refractivity contribution in [1.82, 2.24) is 14.5 Å². The third-order valence-corrected chi connectivity index (χ3v) is 6.14. The number of nitrogens with zero attached hydrogens (tertiary/aromatic N) is 4. The maximum absolute atomic E-state index is 13.0. The summed E-state index contributed by atoms with van der Waals surface area (Å²) in [4.78, 5) is 7.96. The van der Waals surface area contributed by atoms with Crippen LogP contribution >= 0.6 is 0 Å². The van der Waals surface area contributed by atoms with Crippen molar-refractivity contribution in [3.8, 4) is 6.07 Å². The number of hydrogen-bond donors (Lipinski definition) is 1. The van der Waals surface area contributed by atoms with E-state index in [4.69, 9.17) is 4.74 Å². The van der Waals surface area contributed by atoms with E-state index in [1.165, 1.54) is 0 Å². The molecule has 158 valence electrons. The van der Waals surface area contributed by atoms with Gasteiger partial charge in [-0.15, -0.1) is 0 Å². The van der Waals surface area contributed by atoms with Crippen LogP contribution in [0.1, 0.15) is 11.3 Å². The molecular formula is C20H22F3N5OSi. The Bertz CT molecular complexity index is 1080. The highest BCUT2D eigenvalue weighted by Crippen LogP contribution is 2.31. The molecule has 0 saturated heterocycles. The van der Waals surface area contributed by atoms with Gasteiger partial charge in [-0.2, -0.15) is 18.4 Å². The van der Waals surface area contributed by atoms with Gasteiger partial charge in [0.1, 0.15) is 29.8 Å². The third-order valence-electron chi connectivity index (χ3n) is 4.44. The van der Waals surface area contributed by atoms with Crippen molar-refractivity contribution >= 4 is 30.6 Å². The van der Waals surface area contributed by atoms with E-state index in [0.29, 0.717) is 24.5 Å². The zero-order valence-electron chi connectivity index (χ0n) is 16.9. The number of nitrogens with one attached hydrogen (secondary N) is 1. The Kier molecular flexibility index (Phi) is 6.14. The SMILES string of the molecule is C[Si](C)(C)CCOCn1cnc2c(Nc3nc(C(F)(F)F)ccc3C#N)cccc21. The Morgan fingerprint density at radius 3 is 2.63 bits per heavy atom. The molecule has 0 radical (unpaired) electrons. The molecule has 0 aliphatic rings. The van der Waals surface area contributed by atoms with E-state index < -0.39 is 19.9 Å². The number of pyridine rings is 1. The maximum atomic E-state index is 13.0. The molecule has 0 bridgehead atoms. The second kappa shape index (κ2) is 8.45. The van der Waals surface area contributed by atoms with Crippen LogP contribution in [0.15, 0.2) is 36.7 Å². The number of nitriles is 1. The molecule has 0 spiro atoms. The Morgan fingerprint density at radius 2 is 1.97 bits per heavy atom. The molecule has 1 aromatic carbocycles. The molecule has 1 N–H and O–H groups in total. The van der Waals surface area contributed by atoms with E-state index >= 15 is 0 Å². The van der Waals surface area contributed by atoms with Gasteiger partial charge >= 0.3 is 6.18 Å². The highest BCUT2D eigenvalue weighted by atomic mass is 28.3. The number of rotatable bonds is 7. The lowest BCUT2D eigenvalue weighted by Crippen LogP contribution is -2.21. The largest absolute Gasteiger partial charge is 0.433 e. The molecule has 6 nitrogen and oxygen atoms in total. The van der Waals surface area contributed by atoms with E-state index in [1.54, 1.807) is 18.5 Å². The fourth-order valence-electron chi connectivity index (χ4n) is 2.76. The van der Waals surface area contributed by atoms with Gasteiger partial charge in [-0.05, 0) is 30.3 Å². The van der Waals surface area contributed by atoms with E-state index in [0.717, 1.165) is 23.7 Å². The summed E-state index contributed by atoms with van der Waals surface area (Å²) in [6.07, 6.45) is -2.99. The highest BCUT2D eigenvalue weighted by Gasteiger charge is 2.33. The van der Waals surface area contributed by atoms with E-state index in [2.05, 4.69) is 34.9 Å². The average molecular weight is 434 g/mol. The fraction of sp³-hybridized carbons (Fsp3) is 0.350. The zero-order valence-corrected chi connectivity index (χ0v) is 17.9. The third kappa shape index (κ3) is 5.17. The Labute approximate surface area is 173 Å². The molecule has 0 aliphatic carbocycles. The minimum Gasteiger partial charge on any atom is -0.361 e. The highest BCUT2D eigenvalue weighted by molar-refractivity contribution is 6.76. The van der Waals surface area contributed by atoms with Crippen molar-refractivity contribution in [2.45, 2.75) is 38.6 Å². The van der Waals surface area contributed by atoms with Crippen molar-refractivity contribution < 1.29 is 17.9 Å². The van der Waals surface area contributed by atoms with Crippen LogP contribution in [0, 0.1) is 11.3 Å². The molecule has 0 aliphatic heterocycles. The normalized spacial score (nSPS) is 12.2. The predicted octanol–water partition coefficient (Wildman–Crippen LogP) is 5.38. The minimum atomic E-state index is -4.61. The Hall–Kier alpha value is -2.90. The summed E-state index contributed by atoms with van der Waals surface area (Å²) < 4.78 is 46.7. The van der Waals surface area contributed by atoms with Crippen molar-refractivity contribution in [2.75, 3.05) is 11.9 Å².